The van der Waals surface area contributed by atoms with Crippen LogP contribution in [0, 0.1) is 6.92 Å². The van der Waals surface area contributed by atoms with Crippen LogP contribution in [0.15, 0.2) is 36.7 Å². The predicted octanol–water partition coefficient (Wildman–Crippen LogP) is 2.68. The lowest BCUT2D eigenvalue weighted by atomic mass is 10.1. The van der Waals surface area contributed by atoms with Crippen LogP contribution in [0.5, 0.6) is 0 Å². The van der Waals surface area contributed by atoms with Gasteiger partial charge in [0, 0.05) is 30.7 Å². The average molecular weight is 401 g/mol. The second-order valence-corrected chi connectivity index (χ2v) is 7.48. The Balaban J connectivity index is 1.28. The first-order valence-electron chi connectivity index (χ1n) is 10.3. The minimum Gasteiger partial charge on any atom is -0.378 e. The van der Waals surface area contributed by atoms with Gasteiger partial charge in [-0.15, -0.1) is 0 Å². The van der Waals surface area contributed by atoms with E-state index in [0.717, 1.165) is 79.5 Å². The lowest BCUT2D eigenvalue weighted by Gasteiger charge is -2.27. The first-order valence-corrected chi connectivity index (χ1v) is 10.3. The number of hydrogen-bond acceptors (Lipinski definition) is 8. The fourth-order valence-corrected chi connectivity index (χ4v) is 3.61. The first kappa shape index (κ1) is 18.7. The molecule has 8 nitrogen and oxygen atoms in total. The number of fused-ring (bicyclic) bond motifs is 2. The van der Waals surface area contributed by atoms with E-state index in [1.54, 1.807) is 0 Å². The van der Waals surface area contributed by atoms with Crippen LogP contribution in [-0.4, -0.2) is 56.2 Å². The molecular weight excluding hydrogens is 378 g/mol. The number of aryl methyl sites for hydroxylation is 3. The first-order chi connectivity index (χ1) is 14.7. The third-order valence-corrected chi connectivity index (χ3v) is 5.25. The van der Waals surface area contributed by atoms with Crippen LogP contribution in [0.4, 0.5) is 5.82 Å². The summed E-state index contributed by atoms with van der Waals surface area (Å²) in [6.45, 7) is 5.08. The smallest absolute Gasteiger partial charge is 0.180 e. The van der Waals surface area contributed by atoms with Gasteiger partial charge in [0.1, 0.15) is 16.9 Å². The number of ether oxygens (including phenoxy) is 1. The van der Waals surface area contributed by atoms with Crippen molar-refractivity contribution in [1.82, 2.24) is 29.9 Å². The van der Waals surface area contributed by atoms with E-state index in [-0.39, 0.29) is 0 Å². The molecule has 0 radical (unpaired) electrons. The molecule has 0 spiro atoms. The highest BCUT2D eigenvalue weighted by Gasteiger charge is 2.14. The van der Waals surface area contributed by atoms with Gasteiger partial charge in [0.15, 0.2) is 11.3 Å². The van der Waals surface area contributed by atoms with Gasteiger partial charge in [-0.2, -0.15) is 0 Å². The third kappa shape index (κ3) is 4.04. The molecule has 0 amide bonds. The van der Waals surface area contributed by atoms with Crippen LogP contribution in [-0.2, 0) is 17.6 Å². The molecule has 4 aromatic rings. The molecule has 1 aliphatic heterocycles. The molecule has 0 bridgehead atoms. The van der Waals surface area contributed by atoms with E-state index in [4.69, 9.17) is 14.7 Å². The predicted molar refractivity (Wildman–Crippen MR) is 114 cm³/mol. The van der Waals surface area contributed by atoms with Crippen LogP contribution in [0.3, 0.4) is 0 Å². The molecule has 5 rings (SSSR count). The summed E-state index contributed by atoms with van der Waals surface area (Å²) >= 11 is 0. The summed E-state index contributed by atoms with van der Waals surface area (Å²) in [4.78, 5) is 29.8. The normalized spacial score (nSPS) is 14.5. The Labute approximate surface area is 174 Å². The molecule has 1 saturated heterocycles. The van der Waals surface area contributed by atoms with Crippen LogP contribution >= 0.6 is 0 Å². The van der Waals surface area contributed by atoms with Crippen molar-refractivity contribution in [2.75, 3.05) is 31.2 Å². The maximum atomic E-state index is 5.42. The maximum Gasteiger partial charge on any atom is 0.180 e. The minimum atomic E-state index is 0.696. The number of rotatable bonds is 5. The summed E-state index contributed by atoms with van der Waals surface area (Å²) in [7, 11) is 0. The van der Waals surface area contributed by atoms with E-state index in [0.29, 0.717) is 11.3 Å². The molecular formula is C22H23N7O. The lowest BCUT2D eigenvalue weighted by Crippen LogP contribution is -2.36. The van der Waals surface area contributed by atoms with Gasteiger partial charge in [-0.1, -0.05) is 0 Å². The summed E-state index contributed by atoms with van der Waals surface area (Å²) < 4.78 is 5.42. The van der Waals surface area contributed by atoms with Gasteiger partial charge < -0.3 is 9.64 Å². The molecule has 0 N–H and O–H groups in total. The fraction of sp³-hybridized carbons (Fsp3) is 0.364. The summed E-state index contributed by atoms with van der Waals surface area (Å²) in [5.74, 6) is 0.865. The van der Waals surface area contributed by atoms with E-state index in [9.17, 15) is 0 Å². The van der Waals surface area contributed by atoms with Gasteiger partial charge in [0.25, 0.3) is 0 Å². The van der Waals surface area contributed by atoms with Gasteiger partial charge in [-0.25, -0.2) is 24.9 Å². The van der Waals surface area contributed by atoms with Gasteiger partial charge in [-0.3, -0.25) is 4.98 Å². The standard InChI is InChI=1S/C22H23N7O/c1-15-5-7-18-21(25-15)27-17(13-23-18)4-2-3-16-6-8-19-22(26-16)28-20(14-24-19)29-9-11-30-12-10-29/h5-8,13-14H,2-4,9-12H2,1H3. The molecule has 5 heterocycles. The molecule has 8 heteroatoms. The molecule has 152 valence electrons. The molecule has 0 saturated carbocycles. The van der Waals surface area contributed by atoms with E-state index >= 15 is 0 Å². The largest absolute Gasteiger partial charge is 0.378 e. The van der Waals surface area contributed by atoms with Crippen molar-refractivity contribution in [2.45, 2.75) is 26.2 Å². The molecule has 0 aromatic carbocycles. The number of nitrogens with zero attached hydrogens (tertiary/aromatic N) is 7. The molecule has 1 aliphatic rings. The van der Waals surface area contributed by atoms with Crippen LogP contribution in [0.1, 0.15) is 23.5 Å². The molecule has 0 atom stereocenters. The van der Waals surface area contributed by atoms with Gasteiger partial charge in [0.2, 0.25) is 0 Å². The van der Waals surface area contributed by atoms with E-state index in [1.165, 1.54) is 0 Å². The molecule has 30 heavy (non-hydrogen) atoms. The lowest BCUT2D eigenvalue weighted by molar-refractivity contribution is 0.122. The van der Waals surface area contributed by atoms with Crippen molar-refractivity contribution in [3.63, 3.8) is 0 Å². The van der Waals surface area contributed by atoms with Crippen molar-refractivity contribution in [2.24, 2.45) is 0 Å². The Morgan fingerprint density at radius 1 is 0.800 bits per heavy atom. The highest BCUT2D eigenvalue weighted by Crippen LogP contribution is 2.17. The zero-order valence-electron chi connectivity index (χ0n) is 17.0. The number of aromatic nitrogens is 6. The molecule has 0 unspecified atom stereocenters. The zero-order valence-corrected chi connectivity index (χ0v) is 17.0. The van der Waals surface area contributed by atoms with Crippen molar-refractivity contribution in [3.8, 4) is 0 Å². The fourth-order valence-electron chi connectivity index (χ4n) is 3.61. The topological polar surface area (TPSA) is 89.8 Å². The summed E-state index contributed by atoms with van der Waals surface area (Å²) in [5.41, 5.74) is 5.97. The van der Waals surface area contributed by atoms with Crippen LogP contribution in [0.2, 0.25) is 0 Å². The van der Waals surface area contributed by atoms with Crippen molar-refractivity contribution >= 4 is 28.1 Å². The maximum absolute atomic E-state index is 5.42. The monoisotopic (exact) mass is 401 g/mol. The second-order valence-electron chi connectivity index (χ2n) is 7.48. The van der Waals surface area contributed by atoms with Gasteiger partial charge >= 0.3 is 0 Å². The van der Waals surface area contributed by atoms with Crippen LogP contribution in [0.25, 0.3) is 22.3 Å². The molecule has 4 aromatic heterocycles. The zero-order chi connectivity index (χ0) is 20.3. The van der Waals surface area contributed by atoms with Crippen molar-refractivity contribution < 1.29 is 4.74 Å². The molecule has 0 aliphatic carbocycles. The van der Waals surface area contributed by atoms with Gasteiger partial charge in [0.05, 0.1) is 25.1 Å². The Morgan fingerprint density at radius 2 is 1.50 bits per heavy atom. The van der Waals surface area contributed by atoms with E-state index in [1.807, 2.05) is 43.6 Å². The Bertz CT molecular complexity index is 1190. The quantitative estimate of drug-likeness (QED) is 0.504. The van der Waals surface area contributed by atoms with Crippen LogP contribution < -0.4 is 4.90 Å². The van der Waals surface area contributed by atoms with Crippen molar-refractivity contribution in [3.05, 3.63) is 53.7 Å². The minimum absolute atomic E-state index is 0.696. The van der Waals surface area contributed by atoms with Crippen molar-refractivity contribution in [1.29, 1.82) is 0 Å². The number of anilines is 1. The molecule has 1 fully saturated rings. The summed E-state index contributed by atoms with van der Waals surface area (Å²) in [6, 6.07) is 7.94. The Hall–Kier alpha value is -3.26. The summed E-state index contributed by atoms with van der Waals surface area (Å²) in [5, 5.41) is 0. The number of morpholine rings is 1. The van der Waals surface area contributed by atoms with E-state index < -0.39 is 0 Å². The Kier molecular flexibility index (Phi) is 5.15. The third-order valence-electron chi connectivity index (χ3n) is 5.25. The highest BCUT2D eigenvalue weighted by molar-refractivity contribution is 5.71. The summed E-state index contributed by atoms with van der Waals surface area (Å²) in [6.07, 6.45) is 6.27. The Morgan fingerprint density at radius 3 is 2.37 bits per heavy atom. The number of hydrogen-bond donors (Lipinski definition) is 0. The van der Waals surface area contributed by atoms with Gasteiger partial charge in [-0.05, 0) is 50.5 Å². The van der Waals surface area contributed by atoms with E-state index in [2.05, 4.69) is 24.8 Å². The second kappa shape index (κ2) is 8.23. The highest BCUT2D eigenvalue weighted by atomic mass is 16.5. The SMILES string of the molecule is Cc1ccc2ncc(CCCc3ccc4ncc(N5CCOCC5)nc4n3)nc2n1. The number of pyridine rings is 2. The average Bonchev–Trinajstić information content (AvgIpc) is 2.79.